The molecule has 0 amide bonds. The van der Waals surface area contributed by atoms with E-state index in [2.05, 4.69) is 0 Å². The molecular formula is C14H14NO7P. The summed E-state index contributed by atoms with van der Waals surface area (Å²) in [6.07, 6.45) is 0. The van der Waals surface area contributed by atoms with Crippen molar-refractivity contribution in [1.82, 2.24) is 0 Å². The average Bonchev–Trinajstić information content (AvgIpc) is 2.45. The van der Waals surface area contributed by atoms with E-state index in [4.69, 9.17) is 14.5 Å². The summed E-state index contributed by atoms with van der Waals surface area (Å²) < 4.78 is 16.8. The van der Waals surface area contributed by atoms with Crippen molar-refractivity contribution in [3.05, 3.63) is 63.7 Å². The lowest BCUT2D eigenvalue weighted by Crippen LogP contribution is -2.02. The van der Waals surface area contributed by atoms with Crippen molar-refractivity contribution in [2.75, 3.05) is 0 Å². The minimum atomic E-state index is -4.92. The van der Waals surface area contributed by atoms with Crippen LogP contribution in [0.25, 0.3) is 0 Å². The van der Waals surface area contributed by atoms with Crippen molar-refractivity contribution in [1.29, 1.82) is 0 Å². The Balaban J connectivity index is 2.49. The summed E-state index contributed by atoms with van der Waals surface area (Å²) in [5.41, 5.74) is 0.125. The van der Waals surface area contributed by atoms with Crippen LogP contribution in [0.5, 0.6) is 11.5 Å². The SMILES string of the molecule is Cc1cccc(Oc2ccc([N+](=O)[O-])cc2C(O)P(=O)(O)O)c1. The molecule has 9 heteroatoms. The Morgan fingerprint density at radius 2 is 1.91 bits per heavy atom. The summed E-state index contributed by atoms with van der Waals surface area (Å²) in [6, 6.07) is 10.0. The number of nitro groups is 1. The Morgan fingerprint density at radius 1 is 1.22 bits per heavy atom. The lowest BCUT2D eigenvalue weighted by atomic mass is 10.2. The second kappa shape index (κ2) is 6.47. The van der Waals surface area contributed by atoms with Gasteiger partial charge in [0.1, 0.15) is 11.5 Å². The van der Waals surface area contributed by atoms with Crippen molar-refractivity contribution in [2.24, 2.45) is 0 Å². The molecule has 0 saturated heterocycles. The highest BCUT2D eigenvalue weighted by atomic mass is 31.2. The topological polar surface area (TPSA) is 130 Å². The van der Waals surface area contributed by atoms with Gasteiger partial charge < -0.3 is 19.6 Å². The fourth-order valence-corrected chi connectivity index (χ4v) is 2.50. The molecule has 3 N–H and O–H groups in total. The minimum absolute atomic E-state index is 0.0722. The molecular weight excluding hydrogens is 325 g/mol. The lowest BCUT2D eigenvalue weighted by molar-refractivity contribution is -0.385. The molecule has 2 aromatic rings. The molecule has 0 spiro atoms. The third-order valence-corrected chi connectivity index (χ3v) is 3.93. The summed E-state index contributed by atoms with van der Waals surface area (Å²) in [6.45, 7) is 1.83. The molecule has 0 heterocycles. The molecule has 23 heavy (non-hydrogen) atoms. The van der Waals surface area contributed by atoms with E-state index in [1.807, 2.05) is 13.0 Å². The fraction of sp³-hybridized carbons (Fsp3) is 0.143. The number of aliphatic hydroxyl groups is 1. The molecule has 0 aromatic heterocycles. The van der Waals surface area contributed by atoms with Gasteiger partial charge in [-0.25, -0.2) is 0 Å². The van der Waals surface area contributed by atoms with Crippen LogP contribution in [0.1, 0.15) is 17.0 Å². The number of aliphatic hydroxyl groups excluding tert-OH is 1. The summed E-state index contributed by atoms with van der Waals surface area (Å²) in [7, 11) is -4.92. The molecule has 0 aliphatic carbocycles. The maximum Gasteiger partial charge on any atom is 0.358 e. The van der Waals surface area contributed by atoms with Crippen LogP contribution in [0.3, 0.4) is 0 Å². The molecule has 1 atom stereocenters. The number of nitrogens with zero attached hydrogens (tertiary/aromatic N) is 1. The zero-order valence-corrected chi connectivity index (χ0v) is 12.9. The standard InChI is InChI=1S/C14H14NO7P/c1-9-3-2-4-11(7-9)22-13-6-5-10(15(17)18)8-12(13)14(16)23(19,20)21/h2-8,14,16H,1H3,(H2,19,20,21). The van der Waals surface area contributed by atoms with Gasteiger partial charge in [0.25, 0.3) is 5.69 Å². The van der Waals surface area contributed by atoms with E-state index in [0.29, 0.717) is 5.75 Å². The number of benzene rings is 2. The third-order valence-electron chi connectivity index (χ3n) is 3.02. The van der Waals surface area contributed by atoms with Gasteiger partial charge in [-0.05, 0) is 30.7 Å². The predicted molar refractivity (Wildman–Crippen MR) is 81.4 cm³/mol. The van der Waals surface area contributed by atoms with Crippen LogP contribution in [-0.4, -0.2) is 19.8 Å². The highest BCUT2D eigenvalue weighted by molar-refractivity contribution is 7.51. The average molecular weight is 339 g/mol. The molecule has 2 rings (SSSR count). The van der Waals surface area contributed by atoms with Crippen molar-refractivity contribution >= 4 is 13.3 Å². The Hall–Kier alpha value is -2.25. The third kappa shape index (κ3) is 4.14. The second-order valence-corrected chi connectivity index (χ2v) is 6.53. The summed E-state index contributed by atoms with van der Waals surface area (Å²) >= 11 is 0. The molecule has 2 aromatic carbocycles. The molecule has 0 bridgehead atoms. The van der Waals surface area contributed by atoms with E-state index < -0.39 is 24.1 Å². The predicted octanol–water partition coefficient (Wildman–Crippen LogP) is 2.86. The summed E-state index contributed by atoms with van der Waals surface area (Å²) in [4.78, 5) is 28.4. The van der Waals surface area contributed by atoms with Gasteiger partial charge in [0, 0.05) is 17.7 Å². The molecule has 0 fully saturated rings. The normalized spacial score (nSPS) is 12.7. The Bertz CT molecular complexity index is 786. The smallest absolute Gasteiger partial charge is 0.358 e. The van der Waals surface area contributed by atoms with E-state index in [-0.39, 0.29) is 11.3 Å². The van der Waals surface area contributed by atoms with Crippen molar-refractivity contribution in [3.63, 3.8) is 0 Å². The van der Waals surface area contributed by atoms with E-state index >= 15 is 0 Å². The largest absolute Gasteiger partial charge is 0.457 e. The van der Waals surface area contributed by atoms with E-state index in [1.54, 1.807) is 18.2 Å². The molecule has 0 aliphatic heterocycles. The molecule has 0 aliphatic rings. The van der Waals surface area contributed by atoms with Gasteiger partial charge in [0.05, 0.1) is 4.92 Å². The zero-order chi connectivity index (χ0) is 17.2. The van der Waals surface area contributed by atoms with Gasteiger partial charge in [-0.2, -0.15) is 0 Å². The van der Waals surface area contributed by atoms with Crippen LogP contribution in [-0.2, 0) is 4.57 Å². The Labute approximate surface area is 131 Å². The number of hydrogen-bond donors (Lipinski definition) is 3. The number of ether oxygens (including phenoxy) is 1. The first-order valence-corrected chi connectivity index (χ1v) is 8.13. The summed E-state index contributed by atoms with van der Waals surface area (Å²) in [5, 5.41) is 20.6. The van der Waals surface area contributed by atoms with E-state index in [1.165, 1.54) is 6.07 Å². The Morgan fingerprint density at radius 3 is 2.48 bits per heavy atom. The molecule has 0 radical (unpaired) electrons. The Kier molecular flexibility index (Phi) is 4.82. The van der Waals surface area contributed by atoms with E-state index in [0.717, 1.165) is 17.7 Å². The van der Waals surface area contributed by atoms with Crippen LogP contribution < -0.4 is 4.74 Å². The van der Waals surface area contributed by atoms with Crippen LogP contribution >= 0.6 is 7.60 Å². The lowest BCUT2D eigenvalue weighted by Gasteiger charge is -2.17. The minimum Gasteiger partial charge on any atom is -0.457 e. The van der Waals surface area contributed by atoms with Gasteiger partial charge in [-0.15, -0.1) is 0 Å². The van der Waals surface area contributed by atoms with E-state index in [9.17, 15) is 19.8 Å². The molecule has 122 valence electrons. The monoisotopic (exact) mass is 339 g/mol. The first kappa shape index (κ1) is 17.1. The van der Waals surface area contributed by atoms with Crippen LogP contribution in [0.4, 0.5) is 5.69 Å². The first-order valence-electron chi connectivity index (χ1n) is 6.44. The van der Waals surface area contributed by atoms with Gasteiger partial charge in [0.15, 0.2) is 5.85 Å². The maximum atomic E-state index is 11.3. The van der Waals surface area contributed by atoms with Crippen LogP contribution in [0, 0.1) is 17.0 Å². The van der Waals surface area contributed by atoms with Crippen LogP contribution in [0.15, 0.2) is 42.5 Å². The second-order valence-electron chi connectivity index (χ2n) is 4.86. The molecule has 0 saturated carbocycles. The number of aryl methyl sites for hydroxylation is 1. The van der Waals surface area contributed by atoms with Crippen molar-refractivity contribution in [2.45, 2.75) is 12.8 Å². The van der Waals surface area contributed by atoms with Gasteiger partial charge in [-0.1, -0.05) is 12.1 Å². The van der Waals surface area contributed by atoms with Gasteiger partial charge in [-0.3, -0.25) is 14.7 Å². The van der Waals surface area contributed by atoms with Crippen LogP contribution in [0.2, 0.25) is 0 Å². The first-order chi connectivity index (χ1) is 10.7. The quantitative estimate of drug-likeness (QED) is 0.434. The van der Waals surface area contributed by atoms with Gasteiger partial charge in [0.2, 0.25) is 0 Å². The molecule has 1 unspecified atom stereocenters. The number of non-ortho nitro benzene ring substituents is 1. The number of nitro benzene ring substituents is 1. The van der Waals surface area contributed by atoms with Crippen molar-refractivity contribution in [3.8, 4) is 11.5 Å². The van der Waals surface area contributed by atoms with Crippen molar-refractivity contribution < 1.29 is 29.1 Å². The van der Waals surface area contributed by atoms with Gasteiger partial charge >= 0.3 is 7.60 Å². The zero-order valence-electron chi connectivity index (χ0n) is 12.0. The number of hydrogen-bond acceptors (Lipinski definition) is 5. The molecule has 8 nitrogen and oxygen atoms in total. The highest BCUT2D eigenvalue weighted by Gasteiger charge is 2.32. The number of rotatable bonds is 5. The highest BCUT2D eigenvalue weighted by Crippen LogP contribution is 2.52. The fourth-order valence-electron chi connectivity index (χ4n) is 1.93. The maximum absolute atomic E-state index is 11.3. The summed E-state index contributed by atoms with van der Waals surface area (Å²) in [5.74, 6) is -1.92.